The Kier molecular flexibility index (Phi) is 9.06. The molecule has 0 atom stereocenters. The number of carboxylic acid groups (broad SMARTS) is 1. The molecule has 0 spiro atoms. The molecule has 0 aliphatic heterocycles. The molecule has 3 N–H and O–H groups in total. The van der Waals surface area contributed by atoms with Crippen molar-refractivity contribution in [3.05, 3.63) is 95.1 Å². The van der Waals surface area contributed by atoms with Gasteiger partial charge in [-0.25, -0.2) is 13.2 Å². The van der Waals surface area contributed by atoms with Gasteiger partial charge in [-0.15, -0.1) is 0 Å². The zero-order valence-electron chi connectivity index (χ0n) is 20.1. The quantitative estimate of drug-likeness (QED) is 0.208. The molecule has 0 fully saturated rings. The third kappa shape index (κ3) is 7.23. The fraction of sp³-hybridized carbons (Fsp3) is 0.208. The van der Waals surface area contributed by atoms with E-state index in [4.69, 9.17) is 14.9 Å². The van der Waals surface area contributed by atoms with Crippen LogP contribution in [-0.4, -0.2) is 40.2 Å². The lowest BCUT2D eigenvalue weighted by Crippen LogP contribution is -2.30. The zero-order chi connectivity index (χ0) is 29.9. The molecule has 40 heavy (non-hydrogen) atoms. The third-order valence-electron chi connectivity index (χ3n) is 5.47. The van der Waals surface area contributed by atoms with Crippen molar-refractivity contribution in [2.75, 3.05) is 6.61 Å². The van der Waals surface area contributed by atoms with Crippen LogP contribution in [0.15, 0.2) is 77.7 Å². The molecule has 0 aliphatic carbocycles. The van der Waals surface area contributed by atoms with E-state index in [1.165, 1.54) is 0 Å². The number of hydrogen-bond donors (Lipinski definition) is 3. The molecule has 216 valence electrons. The lowest BCUT2D eigenvalue weighted by atomic mass is 10.1. The average molecular weight is 609 g/mol. The summed E-state index contributed by atoms with van der Waals surface area (Å²) >= 11 is 0. The molecule has 0 heterocycles. The second kappa shape index (κ2) is 11.6. The van der Waals surface area contributed by atoms with Crippen LogP contribution in [0.5, 0.6) is 5.75 Å². The largest absolute Gasteiger partial charge is 0.481 e. The van der Waals surface area contributed by atoms with E-state index in [1.54, 1.807) is 30.3 Å². The van der Waals surface area contributed by atoms with E-state index in [2.05, 4.69) is 4.74 Å². The number of benzene rings is 3. The molecule has 3 aromatic rings. The second-order valence-electron chi connectivity index (χ2n) is 8.38. The Morgan fingerprint density at radius 3 is 1.93 bits per heavy atom. The highest BCUT2D eigenvalue weighted by atomic mass is 32.2. The Morgan fingerprint density at radius 1 is 0.875 bits per heavy atom. The highest BCUT2D eigenvalue weighted by molar-refractivity contribution is 7.89. The minimum Gasteiger partial charge on any atom is -0.481 e. The minimum absolute atomic E-state index is 0.0854. The maximum Gasteiger partial charge on any atom is 0.420 e. The predicted molar refractivity (Wildman–Crippen MR) is 130 cm³/mol. The highest BCUT2D eigenvalue weighted by Crippen LogP contribution is 2.59. The molecule has 0 unspecified atom stereocenters. The van der Waals surface area contributed by atoms with Crippen LogP contribution in [0.25, 0.3) is 0 Å². The summed E-state index contributed by atoms with van der Waals surface area (Å²) in [5, 5.41) is 8.72. The van der Waals surface area contributed by atoms with Crippen LogP contribution >= 0.6 is 7.60 Å². The van der Waals surface area contributed by atoms with Gasteiger partial charge in [0.1, 0.15) is 5.75 Å². The Labute approximate surface area is 224 Å². The van der Waals surface area contributed by atoms with Crippen LogP contribution in [-0.2, 0) is 44.3 Å². The van der Waals surface area contributed by atoms with Gasteiger partial charge in [0, 0.05) is 18.7 Å². The predicted octanol–water partition coefficient (Wildman–Crippen LogP) is 4.79. The van der Waals surface area contributed by atoms with E-state index in [0.29, 0.717) is 29.8 Å². The Bertz CT molecular complexity index is 1510. The first kappa shape index (κ1) is 31.2. The number of carboxylic acids is 1. The second-order valence-corrected chi connectivity index (χ2v) is 12.0. The zero-order valence-corrected chi connectivity index (χ0v) is 21.8. The molecule has 3 rings (SSSR count). The highest BCUT2D eigenvalue weighted by Gasteiger charge is 2.50. The fourth-order valence-electron chi connectivity index (χ4n) is 3.50. The molecular weight excluding hydrogens is 588 g/mol. The van der Waals surface area contributed by atoms with Gasteiger partial charge >= 0.3 is 25.4 Å². The number of hydrogen-bond acceptors (Lipinski definition) is 5. The SMILES string of the molecule is O=C(O)COc1ccc(S(=O)(=O)N(Cc2ccccc2)Cc2ccc(C(F)(F)P(=O)(O)O)cc2)cc1C(F)(F)F. The first-order valence-electron chi connectivity index (χ1n) is 11.1. The lowest BCUT2D eigenvalue weighted by molar-refractivity contribution is -0.143. The monoisotopic (exact) mass is 609 g/mol. The van der Waals surface area contributed by atoms with Gasteiger partial charge < -0.3 is 19.6 Å². The number of rotatable bonds is 11. The van der Waals surface area contributed by atoms with Crippen LogP contribution in [0, 0.1) is 0 Å². The van der Waals surface area contributed by atoms with Gasteiger partial charge in [-0.05, 0) is 29.3 Å². The van der Waals surface area contributed by atoms with Crippen LogP contribution in [0.3, 0.4) is 0 Å². The topological polar surface area (TPSA) is 141 Å². The molecule has 16 heteroatoms. The van der Waals surface area contributed by atoms with Crippen molar-refractivity contribution in [2.45, 2.75) is 29.8 Å². The Hall–Kier alpha value is -3.36. The van der Waals surface area contributed by atoms with E-state index < -0.39 is 70.4 Å². The van der Waals surface area contributed by atoms with Gasteiger partial charge in [0.25, 0.3) is 0 Å². The standard InChI is InChI=1S/C24H21F5NO8PS/c25-23(26,27)20-12-19(10-11-21(20)38-15-22(31)32)40(36,37)30(13-16-4-2-1-3-5-16)14-17-6-8-18(9-7-17)24(28,29)39(33,34)35/h1-12H,13-15H2,(H,31,32)(H2,33,34,35). The van der Waals surface area contributed by atoms with E-state index in [-0.39, 0.29) is 12.1 Å². The number of alkyl halides is 5. The molecule has 0 aromatic heterocycles. The average Bonchev–Trinajstić information content (AvgIpc) is 2.86. The summed E-state index contributed by atoms with van der Waals surface area (Å²) in [6.45, 7) is -1.97. The summed E-state index contributed by atoms with van der Waals surface area (Å²) in [5.41, 5.74) is -6.53. The first-order valence-corrected chi connectivity index (χ1v) is 14.1. The third-order valence-corrected chi connectivity index (χ3v) is 8.25. The molecule has 0 saturated carbocycles. The fourth-order valence-corrected chi connectivity index (χ4v) is 5.43. The van der Waals surface area contributed by atoms with E-state index in [0.717, 1.165) is 22.5 Å². The number of sulfonamides is 1. The van der Waals surface area contributed by atoms with Crippen molar-refractivity contribution in [3.63, 3.8) is 0 Å². The summed E-state index contributed by atoms with van der Waals surface area (Å²) in [4.78, 5) is 27.8. The van der Waals surface area contributed by atoms with Gasteiger partial charge in [-0.2, -0.15) is 26.3 Å². The molecule has 3 aromatic carbocycles. The number of aliphatic carboxylic acids is 1. The number of halogens is 5. The van der Waals surface area contributed by atoms with Crippen molar-refractivity contribution in [1.29, 1.82) is 0 Å². The first-order chi connectivity index (χ1) is 18.4. The van der Waals surface area contributed by atoms with Crippen LogP contribution < -0.4 is 4.74 Å². The lowest BCUT2D eigenvalue weighted by Gasteiger charge is -2.24. The maximum absolute atomic E-state index is 14.0. The molecule has 9 nitrogen and oxygen atoms in total. The van der Waals surface area contributed by atoms with Crippen LogP contribution in [0.2, 0.25) is 0 Å². The molecule has 0 amide bonds. The smallest absolute Gasteiger partial charge is 0.420 e. The summed E-state index contributed by atoms with van der Waals surface area (Å²) in [6.07, 6.45) is -5.11. The van der Waals surface area contributed by atoms with Crippen LogP contribution in [0.4, 0.5) is 22.0 Å². The Morgan fingerprint density at radius 2 is 1.43 bits per heavy atom. The molecular formula is C24H21F5NO8PS. The van der Waals surface area contributed by atoms with E-state index in [9.17, 15) is 39.7 Å². The van der Waals surface area contributed by atoms with Gasteiger partial charge in [-0.1, -0.05) is 54.6 Å². The van der Waals surface area contributed by atoms with Crippen LogP contribution in [0.1, 0.15) is 22.3 Å². The van der Waals surface area contributed by atoms with Gasteiger partial charge in [0.15, 0.2) is 6.61 Å². The van der Waals surface area contributed by atoms with E-state index >= 15 is 0 Å². The number of nitrogens with zero attached hydrogens (tertiary/aromatic N) is 1. The maximum atomic E-state index is 14.0. The number of ether oxygens (including phenoxy) is 1. The number of carbonyl (C=O) groups is 1. The van der Waals surface area contributed by atoms with Crippen molar-refractivity contribution >= 4 is 23.6 Å². The summed E-state index contributed by atoms with van der Waals surface area (Å²) in [6, 6.07) is 13.2. The van der Waals surface area contributed by atoms with Gasteiger partial charge in [0.05, 0.1) is 10.5 Å². The van der Waals surface area contributed by atoms with Crippen molar-refractivity contribution in [2.24, 2.45) is 0 Å². The van der Waals surface area contributed by atoms with Gasteiger partial charge in [0.2, 0.25) is 10.0 Å². The molecule has 0 radical (unpaired) electrons. The molecule has 0 aliphatic rings. The summed E-state index contributed by atoms with van der Waals surface area (Å²) < 4.78 is 113. The van der Waals surface area contributed by atoms with E-state index in [1.807, 2.05) is 0 Å². The molecule has 0 saturated heterocycles. The summed E-state index contributed by atoms with van der Waals surface area (Å²) in [7, 11) is -10.6. The van der Waals surface area contributed by atoms with Gasteiger partial charge in [-0.3, -0.25) is 4.57 Å². The Balaban J connectivity index is 2.03. The van der Waals surface area contributed by atoms with Crippen molar-refractivity contribution in [1.82, 2.24) is 4.31 Å². The van der Waals surface area contributed by atoms with Crippen molar-refractivity contribution < 1.29 is 59.4 Å². The normalized spacial score (nSPS) is 12.9. The van der Waals surface area contributed by atoms with Crippen molar-refractivity contribution in [3.8, 4) is 5.75 Å². The minimum atomic E-state index is -5.85. The molecule has 0 bridgehead atoms. The summed E-state index contributed by atoms with van der Waals surface area (Å²) in [5.74, 6) is -2.45.